The minimum absolute atomic E-state index is 0.0453. The summed E-state index contributed by atoms with van der Waals surface area (Å²) in [5.41, 5.74) is 3.40. The molecule has 1 fully saturated rings. The van der Waals surface area contributed by atoms with Crippen molar-refractivity contribution >= 4 is 17.6 Å². The normalized spacial score (nSPS) is 17.2. The fourth-order valence-electron chi connectivity index (χ4n) is 3.42. The molecule has 0 spiro atoms. The zero-order valence-corrected chi connectivity index (χ0v) is 16.2. The molecule has 28 heavy (non-hydrogen) atoms. The molecule has 0 bridgehead atoms. The third-order valence-corrected chi connectivity index (χ3v) is 5.29. The molecular weight excluding hydrogens is 352 g/mol. The molecule has 1 aliphatic heterocycles. The smallest absolute Gasteiger partial charge is 0.311 e. The number of carbonyl (C=O) groups is 2. The molecule has 0 aromatic heterocycles. The van der Waals surface area contributed by atoms with Crippen LogP contribution in [-0.4, -0.2) is 18.4 Å². The molecule has 1 aliphatic rings. The first kappa shape index (κ1) is 19.6. The second-order valence-electron chi connectivity index (χ2n) is 7.19. The zero-order valence-electron chi connectivity index (χ0n) is 16.2. The molecule has 1 amide bonds. The van der Waals surface area contributed by atoms with Crippen molar-refractivity contribution in [3.8, 4) is 6.07 Å². The zero-order chi connectivity index (χ0) is 20.1. The van der Waals surface area contributed by atoms with Gasteiger partial charge in [-0.1, -0.05) is 44.2 Å². The summed E-state index contributed by atoms with van der Waals surface area (Å²) in [6, 6.07) is 16.9. The van der Waals surface area contributed by atoms with Gasteiger partial charge in [0.25, 0.3) is 0 Å². The van der Waals surface area contributed by atoms with Crippen molar-refractivity contribution in [2.75, 3.05) is 11.4 Å². The summed E-state index contributed by atoms with van der Waals surface area (Å²) in [5, 5.41) is 8.83. The monoisotopic (exact) mass is 376 g/mol. The third kappa shape index (κ3) is 4.23. The Balaban J connectivity index is 1.65. The maximum absolute atomic E-state index is 12.6. The van der Waals surface area contributed by atoms with Crippen molar-refractivity contribution in [1.82, 2.24) is 0 Å². The summed E-state index contributed by atoms with van der Waals surface area (Å²) in [6.45, 7) is 4.75. The Bertz CT molecular complexity index is 899. The topological polar surface area (TPSA) is 70.4 Å². The summed E-state index contributed by atoms with van der Waals surface area (Å²) in [5.74, 6) is -0.528. The lowest BCUT2D eigenvalue weighted by Gasteiger charge is -2.23. The van der Waals surface area contributed by atoms with Gasteiger partial charge in [0.1, 0.15) is 6.61 Å². The van der Waals surface area contributed by atoms with E-state index in [2.05, 4.69) is 19.9 Å². The molecule has 5 nitrogen and oxygen atoms in total. The van der Waals surface area contributed by atoms with E-state index in [1.54, 1.807) is 29.2 Å². The first-order valence-electron chi connectivity index (χ1n) is 9.58. The lowest BCUT2D eigenvalue weighted by molar-refractivity contribution is -0.149. The molecule has 2 aromatic rings. The van der Waals surface area contributed by atoms with E-state index >= 15 is 0 Å². The van der Waals surface area contributed by atoms with E-state index < -0.39 is 5.92 Å². The van der Waals surface area contributed by atoms with Gasteiger partial charge in [0, 0.05) is 18.7 Å². The standard InChI is InChI=1S/C23H24N2O3/c1-3-16(2)20-6-4-5-7-21(20)25-14-19(12-22(25)26)23(27)28-15-18-10-8-17(13-24)9-11-18/h4-11,16,19H,3,12,14-15H2,1-2H3/t16-,19-/m1/s1. The Morgan fingerprint density at radius 3 is 2.64 bits per heavy atom. The number of amides is 1. The number of nitriles is 1. The molecule has 0 N–H and O–H groups in total. The van der Waals surface area contributed by atoms with Gasteiger partial charge in [-0.25, -0.2) is 0 Å². The van der Waals surface area contributed by atoms with Crippen molar-refractivity contribution in [1.29, 1.82) is 5.26 Å². The number of hydrogen-bond donors (Lipinski definition) is 0. The first-order chi connectivity index (χ1) is 13.5. The SMILES string of the molecule is CC[C@@H](C)c1ccccc1N1C[C@H](C(=O)OCc2ccc(C#N)cc2)CC1=O. The van der Waals surface area contributed by atoms with Gasteiger partial charge in [0.15, 0.2) is 0 Å². The van der Waals surface area contributed by atoms with Crippen molar-refractivity contribution in [3.05, 3.63) is 65.2 Å². The molecule has 0 aliphatic carbocycles. The minimum Gasteiger partial charge on any atom is -0.461 e. The number of benzene rings is 2. The largest absolute Gasteiger partial charge is 0.461 e. The van der Waals surface area contributed by atoms with Gasteiger partial charge in [0.2, 0.25) is 5.91 Å². The van der Waals surface area contributed by atoms with Crippen LogP contribution in [0.2, 0.25) is 0 Å². The fourth-order valence-corrected chi connectivity index (χ4v) is 3.42. The van der Waals surface area contributed by atoms with Gasteiger partial charge >= 0.3 is 5.97 Å². The van der Waals surface area contributed by atoms with Gasteiger partial charge in [-0.2, -0.15) is 5.26 Å². The van der Waals surface area contributed by atoms with E-state index in [4.69, 9.17) is 10.00 Å². The summed E-state index contributed by atoms with van der Waals surface area (Å²) in [4.78, 5) is 26.8. The van der Waals surface area contributed by atoms with Crippen LogP contribution < -0.4 is 4.90 Å². The molecule has 5 heteroatoms. The first-order valence-corrected chi connectivity index (χ1v) is 9.58. The molecule has 1 heterocycles. The lowest BCUT2D eigenvalue weighted by Crippen LogP contribution is -2.27. The number of rotatable bonds is 6. The quantitative estimate of drug-likeness (QED) is 0.710. The molecule has 144 valence electrons. The highest BCUT2D eigenvalue weighted by Gasteiger charge is 2.37. The van der Waals surface area contributed by atoms with Gasteiger partial charge in [-0.3, -0.25) is 9.59 Å². The number of para-hydroxylation sites is 1. The Kier molecular flexibility index (Phi) is 6.10. The van der Waals surface area contributed by atoms with Crippen LogP contribution in [0.25, 0.3) is 0 Å². The van der Waals surface area contributed by atoms with Crippen molar-refractivity contribution in [3.63, 3.8) is 0 Å². The van der Waals surface area contributed by atoms with Crippen LogP contribution in [0, 0.1) is 17.2 Å². The highest BCUT2D eigenvalue weighted by atomic mass is 16.5. The summed E-state index contributed by atoms with van der Waals surface area (Å²) in [6.07, 6.45) is 1.15. The van der Waals surface area contributed by atoms with E-state index in [0.29, 0.717) is 18.0 Å². The number of ether oxygens (including phenoxy) is 1. The summed E-state index contributed by atoms with van der Waals surface area (Å²) in [7, 11) is 0. The maximum Gasteiger partial charge on any atom is 0.311 e. The second-order valence-corrected chi connectivity index (χ2v) is 7.19. The van der Waals surface area contributed by atoms with E-state index in [1.807, 2.05) is 24.3 Å². The predicted octanol–water partition coefficient (Wildman–Crippen LogP) is 4.17. The van der Waals surface area contributed by atoms with Crippen molar-refractivity contribution in [2.24, 2.45) is 5.92 Å². The number of hydrogen-bond acceptors (Lipinski definition) is 4. The van der Waals surface area contributed by atoms with Crippen molar-refractivity contribution < 1.29 is 14.3 Å². The Morgan fingerprint density at radius 1 is 1.25 bits per heavy atom. The van der Waals surface area contributed by atoms with Gasteiger partial charge < -0.3 is 9.64 Å². The average molecular weight is 376 g/mol. The molecule has 0 unspecified atom stereocenters. The van der Waals surface area contributed by atoms with Gasteiger partial charge in [-0.15, -0.1) is 0 Å². The Hall–Kier alpha value is -3.13. The highest BCUT2D eigenvalue weighted by Crippen LogP contribution is 2.33. The average Bonchev–Trinajstić information content (AvgIpc) is 3.13. The summed E-state index contributed by atoms with van der Waals surface area (Å²) >= 11 is 0. The number of esters is 1. The molecule has 2 aromatic carbocycles. The Labute approximate surface area is 165 Å². The van der Waals surface area contributed by atoms with Crippen LogP contribution in [0.3, 0.4) is 0 Å². The van der Waals surface area contributed by atoms with Crippen LogP contribution in [0.4, 0.5) is 5.69 Å². The van der Waals surface area contributed by atoms with Gasteiger partial charge in [-0.05, 0) is 41.7 Å². The van der Waals surface area contributed by atoms with E-state index in [1.165, 1.54) is 0 Å². The van der Waals surface area contributed by atoms with E-state index in [0.717, 1.165) is 23.2 Å². The number of anilines is 1. The predicted molar refractivity (Wildman–Crippen MR) is 107 cm³/mol. The van der Waals surface area contributed by atoms with Crippen LogP contribution in [0.5, 0.6) is 0 Å². The molecular formula is C23H24N2O3. The van der Waals surface area contributed by atoms with Gasteiger partial charge in [0.05, 0.1) is 17.6 Å². The molecule has 3 rings (SSSR count). The molecule has 0 saturated carbocycles. The second kappa shape index (κ2) is 8.71. The van der Waals surface area contributed by atoms with Crippen LogP contribution in [0.1, 0.15) is 49.3 Å². The molecule has 0 radical (unpaired) electrons. The number of carbonyl (C=O) groups excluding carboxylic acids is 2. The number of nitrogens with zero attached hydrogens (tertiary/aromatic N) is 2. The molecule has 2 atom stereocenters. The van der Waals surface area contributed by atoms with Crippen molar-refractivity contribution in [2.45, 2.75) is 39.2 Å². The Morgan fingerprint density at radius 2 is 1.96 bits per heavy atom. The van der Waals surface area contributed by atoms with Crippen LogP contribution >= 0.6 is 0 Å². The molecule has 1 saturated heterocycles. The van der Waals surface area contributed by atoms with Crippen LogP contribution in [0.15, 0.2) is 48.5 Å². The van der Waals surface area contributed by atoms with E-state index in [9.17, 15) is 9.59 Å². The maximum atomic E-state index is 12.6. The third-order valence-electron chi connectivity index (χ3n) is 5.29. The lowest BCUT2D eigenvalue weighted by atomic mass is 9.96. The van der Waals surface area contributed by atoms with E-state index in [-0.39, 0.29) is 24.9 Å². The fraction of sp³-hybridized carbons (Fsp3) is 0.348. The van der Waals surface area contributed by atoms with Crippen LogP contribution in [-0.2, 0) is 20.9 Å². The highest BCUT2D eigenvalue weighted by molar-refractivity contribution is 6.00. The minimum atomic E-state index is -0.462. The summed E-state index contributed by atoms with van der Waals surface area (Å²) < 4.78 is 5.42.